The molecular weight excluding hydrogens is 306 g/mol. The van der Waals surface area contributed by atoms with E-state index in [-0.39, 0.29) is 12.4 Å². The zero-order chi connectivity index (χ0) is 16.2. The summed E-state index contributed by atoms with van der Waals surface area (Å²) < 4.78 is 36.0. The van der Waals surface area contributed by atoms with Crippen LogP contribution in [0.15, 0.2) is 18.2 Å². The number of aryl methyl sites for hydroxylation is 1. The first-order valence-electron chi connectivity index (χ1n) is 6.18. The van der Waals surface area contributed by atoms with Crippen molar-refractivity contribution in [3.8, 4) is 5.75 Å². The molecule has 4 nitrogen and oxygen atoms in total. The van der Waals surface area contributed by atoms with Gasteiger partial charge in [-0.1, -0.05) is 17.7 Å². The summed E-state index contributed by atoms with van der Waals surface area (Å²) >= 11 is 5.88. The van der Waals surface area contributed by atoms with Gasteiger partial charge in [-0.15, -0.1) is 0 Å². The van der Waals surface area contributed by atoms with E-state index in [9.17, 15) is 18.4 Å². The molecular formula is C14H15ClF2O4. The number of carbonyl (C=O) groups is 2. The summed E-state index contributed by atoms with van der Waals surface area (Å²) in [4.78, 5) is 23.3. The number of rotatable bonds is 6. The van der Waals surface area contributed by atoms with E-state index in [1.165, 1.54) is 19.1 Å². The number of Topliss-reactive ketones (excluding diaryl/α,β-unsaturated/α-hetero) is 1. The first-order chi connectivity index (χ1) is 9.66. The van der Waals surface area contributed by atoms with Crippen LogP contribution in [0.2, 0.25) is 5.02 Å². The fraction of sp³-hybridized carbons (Fsp3) is 0.429. The summed E-state index contributed by atoms with van der Waals surface area (Å²) in [5, 5.41) is 0.325. The third kappa shape index (κ3) is 4.67. The summed E-state index contributed by atoms with van der Waals surface area (Å²) in [6, 6.07) is 4.34. The van der Waals surface area contributed by atoms with Gasteiger partial charge in [0.15, 0.2) is 0 Å². The highest BCUT2D eigenvalue weighted by molar-refractivity contribution is 6.31. The van der Waals surface area contributed by atoms with Crippen LogP contribution in [0.5, 0.6) is 5.75 Å². The van der Waals surface area contributed by atoms with Gasteiger partial charge in [0.05, 0.1) is 6.61 Å². The van der Waals surface area contributed by atoms with Crippen LogP contribution in [0, 0.1) is 6.92 Å². The molecule has 0 spiro atoms. The Morgan fingerprint density at radius 3 is 2.48 bits per heavy atom. The highest BCUT2D eigenvalue weighted by Gasteiger charge is 2.44. The maximum Gasteiger partial charge on any atom is 0.355 e. The van der Waals surface area contributed by atoms with E-state index < -0.39 is 23.8 Å². The maximum atomic E-state index is 13.1. The van der Waals surface area contributed by atoms with Crippen LogP contribution in [0.4, 0.5) is 8.78 Å². The quantitative estimate of drug-likeness (QED) is 0.596. The normalized spacial score (nSPS) is 12.7. The Hall–Kier alpha value is -1.69. The molecule has 116 valence electrons. The second-order valence-corrected chi connectivity index (χ2v) is 4.82. The third-order valence-corrected chi connectivity index (χ3v) is 2.98. The zero-order valence-corrected chi connectivity index (χ0v) is 12.5. The fourth-order valence-corrected chi connectivity index (χ4v) is 1.61. The molecule has 0 aliphatic heterocycles. The third-order valence-electron chi connectivity index (χ3n) is 2.57. The number of carbonyl (C=O) groups excluding carboxylic acids is 2. The summed E-state index contributed by atoms with van der Waals surface area (Å²) in [6.45, 7) is 3.56. The van der Waals surface area contributed by atoms with Gasteiger partial charge in [-0.3, -0.25) is 4.79 Å². The number of ether oxygens (including phenoxy) is 2. The van der Waals surface area contributed by atoms with E-state index in [1.807, 2.05) is 0 Å². The molecule has 0 aliphatic carbocycles. The molecule has 0 saturated carbocycles. The van der Waals surface area contributed by atoms with E-state index >= 15 is 0 Å². The lowest BCUT2D eigenvalue weighted by Gasteiger charge is -2.19. The smallest absolute Gasteiger partial charge is 0.355 e. The molecule has 1 atom stereocenters. The molecule has 1 aromatic carbocycles. The number of esters is 1. The topological polar surface area (TPSA) is 52.6 Å². The van der Waals surface area contributed by atoms with Gasteiger partial charge in [0, 0.05) is 11.9 Å². The number of ketones is 1. The predicted molar refractivity (Wildman–Crippen MR) is 72.9 cm³/mol. The van der Waals surface area contributed by atoms with Crippen molar-refractivity contribution >= 4 is 23.4 Å². The fourth-order valence-electron chi connectivity index (χ4n) is 1.44. The lowest BCUT2D eigenvalue weighted by Crippen LogP contribution is -2.45. The van der Waals surface area contributed by atoms with Crippen molar-refractivity contribution in [2.45, 2.75) is 32.8 Å². The van der Waals surface area contributed by atoms with E-state index in [1.54, 1.807) is 13.0 Å². The Bertz CT molecular complexity index is 540. The first kappa shape index (κ1) is 17.4. The van der Waals surface area contributed by atoms with E-state index in [0.29, 0.717) is 11.9 Å². The average molecular weight is 321 g/mol. The molecule has 0 amide bonds. The van der Waals surface area contributed by atoms with Crippen LogP contribution in [-0.2, 0) is 14.3 Å². The molecule has 21 heavy (non-hydrogen) atoms. The van der Waals surface area contributed by atoms with Gasteiger partial charge in [-0.05, 0) is 31.5 Å². The number of alkyl halides is 2. The second kappa shape index (κ2) is 6.85. The number of hydrogen-bond acceptors (Lipinski definition) is 4. The molecule has 0 radical (unpaired) electrons. The minimum atomic E-state index is -3.72. The Balaban J connectivity index is 3.04. The Morgan fingerprint density at radius 2 is 2.00 bits per heavy atom. The number of halogens is 3. The molecule has 0 saturated heterocycles. The van der Waals surface area contributed by atoms with Crippen molar-refractivity contribution in [2.24, 2.45) is 0 Å². The monoisotopic (exact) mass is 320 g/mol. The van der Waals surface area contributed by atoms with Crippen molar-refractivity contribution in [3.05, 3.63) is 28.8 Å². The molecule has 0 aromatic heterocycles. The highest BCUT2D eigenvalue weighted by Crippen LogP contribution is 2.25. The predicted octanol–water partition coefficient (Wildman–Crippen LogP) is 3.18. The van der Waals surface area contributed by atoms with Gasteiger partial charge < -0.3 is 9.47 Å². The largest absolute Gasteiger partial charge is 0.470 e. The van der Waals surface area contributed by atoms with Crippen molar-refractivity contribution in [3.63, 3.8) is 0 Å². The Kier molecular flexibility index (Phi) is 5.66. The molecule has 0 fully saturated rings. The summed E-state index contributed by atoms with van der Waals surface area (Å²) in [5.41, 5.74) is 0.740. The second-order valence-electron chi connectivity index (χ2n) is 4.41. The van der Waals surface area contributed by atoms with E-state index in [2.05, 4.69) is 4.74 Å². The summed E-state index contributed by atoms with van der Waals surface area (Å²) in [7, 11) is 0. The minimum absolute atomic E-state index is 0.0289. The van der Waals surface area contributed by atoms with Gasteiger partial charge in [-0.2, -0.15) is 8.78 Å². The molecule has 1 unspecified atom stereocenters. The van der Waals surface area contributed by atoms with Crippen molar-refractivity contribution in [2.75, 3.05) is 6.61 Å². The molecule has 0 N–H and O–H groups in total. The van der Waals surface area contributed by atoms with Crippen molar-refractivity contribution < 1.29 is 27.8 Å². The molecule has 0 bridgehead atoms. The van der Waals surface area contributed by atoms with Crippen LogP contribution in [-0.4, -0.2) is 30.4 Å². The van der Waals surface area contributed by atoms with Gasteiger partial charge in [-0.25, -0.2) is 4.79 Å². The average Bonchev–Trinajstić information content (AvgIpc) is 2.38. The van der Waals surface area contributed by atoms with Gasteiger partial charge in [0.2, 0.25) is 0 Å². The molecule has 1 rings (SSSR count). The molecule has 0 heterocycles. The van der Waals surface area contributed by atoms with Crippen LogP contribution in [0.3, 0.4) is 0 Å². The number of benzene rings is 1. The highest BCUT2D eigenvalue weighted by atomic mass is 35.5. The van der Waals surface area contributed by atoms with Gasteiger partial charge in [0.25, 0.3) is 11.9 Å². The molecule has 1 aromatic rings. The first-order valence-corrected chi connectivity index (χ1v) is 6.56. The van der Waals surface area contributed by atoms with E-state index in [4.69, 9.17) is 16.3 Å². The van der Waals surface area contributed by atoms with Crippen LogP contribution in [0.1, 0.15) is 19.4 Å². The standard InChI is InChI=1S/C14H15ClF2O4/c1-4-20-13(19)11(12(18)14(3,16)17)21-9-6-5-8(2)10(15)7-9/h5-7,11H,4H2,1-3H3. The Morgan fingerprint density at radius 1 is 1.38 bits per heavy atom. The van der Waals surface area contributed by atoms with Gasteiger partial charge >= 0.3 is 11.9 Å². The van der Waals surface area contributed by atoms with Crippen LogP contribution < -0.4 is 4.74 Å². The minimum Gasteiger partial charge on any atom is -0.470 e. The lowest BCUT2D eigenvalue weighted by atomic mass is 10.1. The molecule has 0 aliphatic rings. The lowest BCUT2D eigenvalue weighted by molar-refractivity contribution is -0.164. The summed E-state index contributed by atoms with van der Waals surface area (Å²) in [6.07, 6.45) is -2.04. The van der Waals surface area contributed by atoms with Gasteiger partial charge in [0.1, 0.15) is 5.75 Å². The van der Waals surface area contributed by atoms with Crippen LogP contribution >= 0.6 is 11.6 Å². The maximum absolute atomic E-state index is 13.1. The summed E-state index contributed by atoms with van der Waals surface area (Å²) in [5.74, 6) is -6.52. The molecule has 7 heteroatoms. The van der Waals surface area contributed by atoms with Crippen molar-refractivity contribution in [1.29, 1.82) is 0 Å². The zero-order valence-electron chi connectivity index (χ0n) is 11.8. The van der Waals surface area contributed by atoms with Crippen molar-refractivity contribution in [1.82, 2.24) is 0 Å². The SMILES string of the molecule is CCOC(=O)C(Oc1ccc(C)c(Cl)c1)C(=O)C(C)(F)F. The van der Waals surface area contributed by atoms with E-state index in [0.717, 1.165) is 5.56 Å². The number of hydrogen-bond donors (Lipinski definition) is 0. The van der Waals surface area contributed by atoms with Crippen LogP contribution in [0.25, 0.3) is 0 Å². The Labute approximate surface area is 126 Å².